The minimum absolute atomic E-state index is 0.221. The van der Waals surface area contributed by atoms with Crippen LogP contribution in [0.2, 0.25) is 0 Å². The highest BCUT2D eigenvalue weighted by Crippen LogP contribution is 2.30. The highest BCUT2D eigenvalue weighted by atomic mass is 19.1. The molecule has 1 fully saturated rings. The van der Waals surface area contributed by atoms with E-state index in [1.54, 1.807) is 12.1 Å². The third-order valence-corrected chi connectivity index (χ3v) is 2.86. The van der Waals surface area contributed by atoms with Gasteiger partial charge in [0.05, 0.1) is 6.10 Å². The summed E-state index contributed by atoms with van der Waals surface area (Å²) >= 11 is 0. The second-order valence-electron chi connectivity index (χ2n) is 4.09. The van der Waals surface area contributed by atoms with Crippen molar-refractivity contribution in [2.75, 3.05) is 7.11 Å². The van der Waals surface area contributed by atoms with Crippen molar-refractivity contribution in [1.29, 1.82) is 0 Å². The Morgan fingerprint density at radius 3 is 2.81 bits per heavy atom. The number of benzene rings is 1. The van der Waals surface area contributed by atoms with E-state index in [1.165, 1.54) is 13.2 Å². The fourth-order valence-electron chi connectivity index (χ4n) is 1.85. The standard InChI is InChI=1S/C12H15FO3/c1-7-3-4-8(13)10(5-7)16-11-6-9(14)12(11)15-2/h3-5,9,11-12,14H,6H2,1-2H3. The number of ether oxygens (including phenoxy) is 2. The van der Waals surface area contributed by atoms with E-state index in [1.807, 2.05) is 6.92 Å². The second-order valence-corrected chi connectivity index (χ2v) is 4.09. The average molecular weight is 226 g/mol. The molecule has 1 aliphatic rings. The van der Waals surface area contributed by atoms with E-state index in [2.05, 4.69) is 0 Å². The summed E-state index contributed by atoms with van der Waals surface area (Å²) in [6.07, 6.45) is -0.662. The highest BCUT2D eigenvalue weighted by molar-refractivity contribution is 5.30. The highest BCUT2D eigenvalue weighted by Gasteiger charge is 2.42. The molecule has 0 aliphatic heterocycles. The van der Waals surface area contributed by atoms with Gasteiger partial charge in [0.1, 0.15) is 12.2 Å². The second kappa shape index (κ2) is 4.39. The minimum atomic E-state index is -0.511. The Hall–Kier alpha value is -1.13. The van der Waals surface area contributed by atoms with E-state index >= 15 is 0 Å². The zero-order valence-electron chi connectivity index (χ0n) is 9.31. The summed E-state index contributed by atoms with van der Waals surface area (Å²) < 4.78 is 23.9. The Bertz CT molecular complexity index is 381. The summed E-state index contributed by atoms with van der Waals surface area (Å²) in [6, 6.07) is 4.71. The van der Waals surface area contributed by atoms with Crippen molar-refractivity contribution < 1.29 is 19.0 Å². The summed E-state index contributed by atoms with van der Waals surface area (Å²) in [6.45, 7) is 1.87. The minimum Gasteiger partial charge on any atom is -0.484 e. The van der Waals surface area contributed by atoms with Crippen LogP contribution in [0.3, 0.4) is 0 Å². The number of hydrogen-bond acceptors (Lipinski definition) is 3. The number of halogens is 1. The van der Waals surface area contributed by atoms with Gasteiger partial charge in [-0.05, 0) is 24.6 Å². The average Bonchev–Trinajstić information content (AvgIpc) is 2.23. The molecule has 1 saturated carbocycles. The van der Waals surface area contributed by atoms with Crippen molar-refractivity contribution in [3.05, 3.63) is 29.6 Å². The Balaban J connectivity index is 2.07. The van der Waals surface area contributed by atoms with E-state index in [9.17, 15) is 9.50 Å². The molecular weight excluding hydrogens is 211 g/mol. The monoisotopic (exact) mass is 226 g/mol. The third-order valence-electron chi connectivity index (χ3n) is 2.86. The third kappa shape index (κ3) is 2.03. The summed E-state index contributed by atoms with van der Waals surface area (Å²) in [4.78, 5) is 0. The van der Waals surface area contributed by atoms with E-state index in [4.69, 9.17) is 9.47 Å². The summed E-state index contributed by atoms with van der Waals surface area (Å²) in [5, 5.41) is 9.38. The molecular formula is C12H15FO3. The van der Waals surface area contributed by atoms with Gasteiger partial charge in [-0.25, -0.2) is 4.39 Å². The molecule has 1 N–H and O–H groups in total. The first-order valence-electron chi connectivity index (χ1n) is 5.25. The lowest BCUT2D eigenvalue weighted by Gasteiger charge is -2.40. The summed E-state index contributed by atoms with van der Waals surface area (Å²) in [5.41, 5.74) is 0.935. The fourth-order valence-corrected chi connectivity index (χ4v) is 1.85. The molecule has 1 aromatic carbocycles. The number of methoxy groups -OCH3 is 1. The van der Waals surface area contributed by atoms with Crippen LogP contribution < -0.4 is 4.74 Å². The quantitative estimate of drug-likeness (QED) is 0.852. The first-order chi connectivity index (χ1) is 7.61. The summed E-state index contributed by atoms with van der Waals surface area (Å²) in [7, 11) is 1.51. The molecule has 0 spiro atoms. The SMILES string of the molecule is COC1C(O)CC1Oc1cc(C)ccc1F. The molecule has 0 saturated heterocycles. The van der Waals surface area contributed by atoms with Crippen molar-refractivity contribution in [3.63, 3.8) is 0 Å². The molecule has 88 valence electrons. The van der Waals surface area contributed by atoms with Crippen LogP contribution in [0.1, 0.15) is 12.0 Å². The predicted molar refractivity (Wildman–Crippen MR) is 57.0 cm³/mol. The van der Waals surface area contributed by atoms with Crippen LogP contribution in [0, 0.1) is 12.7 Å². The Labute approximate surface area is 93.8 Å². The summed E-state index contributed by atoms with van der Waals surface area (Å²) in [5.74, 6) is -0.166. The van der Waals surface area contributed by atoms with Gasteiger partial charge in [-0.1, -0.05) is 6.07 Å². The molecule has 0 bridgehead atoms. The van der Waals surface area contributed by atoms with Crippen molar-refractivity contribution in [3.8, 4) is 5.75 Å². The van der Waals surface area contributed by atoms with Crippen molar-refractivity contribution in [2.45, 2.75) is 31.7 Å². The molecule has 16 heavy (non-hydrogen) atoms. The van der Waals surface area contributed by atoms with E-state index in [-0.39, 0.29) is 23.8 Å². The zero-order chi connectivity index (χ0) is 11.7. The molecule has 4 heteroatoms. The lowest BCUT2D eigenvalue weighted by molar-refractivity contribution is -0.149. The number of rotatable bonds is 3. The topological polar surface area (TPSA) is 38.7 Å². The number of aryl methyl sites for hydroxylation is 1. The molecule has 2 rings (SSSR count). The molecule has 0 heterocycles. The Morgan fingerprint density at radius 1 is 1.44 bits per heavy atom. The van der Waals surface area contributed by atoms with Crippen LogP contribution in [0.5, 0.6) is 5.75 Å². The number of aliphatic hydroxyl groups excluding tert-OH is 1. The predicted octanol–water partition coefficient (Wildman–Crippen LogP) is 1.66. The van der Waals surface area contributed by atoms with Gasteiger partial charge < -0.3 is 14.6 Å². The lowest BCUT2D eigenvalue weighted by Crippen LogP contribution is -2.54. The smallest absolute Gasteiger partial charge is 0.165 e. The van der Waals surface area contributed by atoms with Crippen LogP contribution in [0.25, 0.3) is 0 Å². The van der Waals surface area contributed by atoms with Crippen LogP contribution >= 0.6 is 0 Å². The van der Waals surface area contributed by atoms with Gasteiger partial charge in [0, 0.05) is 13.5 Å². The maximum Gasteiger partial charge on any atom is 0.165 e. The van der Waals surface area contributed by atoms with Crippen LogP contribution in [0.4, 0.5) is 4.39 Å². The van der Waals surface area contributed by atoms with E-state index in [0.29, 0.717) is 6.42 Å². The largest absolute Gasteiger partial charge is 0.484 e. The van der Waals surface area contributed by atoms with Gasteiger partial charge in [0.25, 0.3) is 0 Å². The molecule has 3 unspecified atom stereocenters. The van der Waals surface area contributed by atoms with Gasteiger partial charge in [-0.2, -0.15) is 0 Å². The van der Waals surface area contributed by atoms with E-state index < -0.39 is 6.10 Å². The molecule has 3 atom stereocenters. The number of aliphatic hydroxyl groups is 1. The maximum absolute atomic E-state index is 13.4. The fraction of sp³-hybridized carbons (Fsp3) is 0.500. The van der Waals surface area contributed by atoms with Crippen molar-refractivity contribution in [1.82, 2.24) is 0 Å². The lowest BCUT2D eigenvalue weighted by atomic mass is 9.88. The first kappa shape index (κ1) is 11.4. The molecule has 0 radical (unpaired) electrons. The Morgan fingerprint density at radius 2 is 2.19 bits per heavy atom. The molecule has 0 amide bonds. The molecule has 1 aromatic rings. The van der Waals surface area contributed by atoms with Crippen LogP contribution in [0.15, 0.2) is 18.2 Å². The van der Waals surface area contributed by atoms with E-state index in [0.717, 1.165) is 5.56 Å². The van der Waals surface area contributed by atoms with Gasteiger partial charge >= 0.3 is 0 Å². The van der Waals surface area contributed by atoms with Gasteiger partial charge in [0.15, 0.2) is 11.6 Å². The van der Waals surface area contributed by atoms with Crippen molar-refractivity contribution >= 4 is 0 Å². The molecule has 0 aromatic heterocycles. The van der Waals surface area contributed by atoms with Crippen LogP contribution in [-0.2, 0) is 4.74 Å². The van der Waals surface area contributed by atoms with Crippen molar-refractivity contribution in [2.24, 2.45) is 0 Å². The van der Waals surface area contributed by atoms with Gasteiger partial charge in [-0.3, -0.25) is 0 Å². The molecule has 1 aliphatic carbocycles. The number of hydrogen-bond donors (Lipinski definition) is 1. The molecule has 3 nitrogen and oxygen atoms in total. The zero-order valence-corrected chi connectivity index (χ0v) is 9.31. The van der Waals surface area contributed by atoms with Crippen LogP contribution in [-0.4, -0.2) is 30.5 Å². The van der Waals surface area contributed by atoms with Gasteiger partial charge in [0.2, 0.25) is 0 Å². The maximum atomic E-state index is 13.4. The van der Waals surface area contributed by atoms with Gasteiger partial charge in [-0.15, -0.1) is 0 Å². The normalized spacial score (nSPS) is 28.6. The first-order valence-corrected chi connectivity index (χ1v) is 5.25. The Kier molecular flexibility index (Phi) is 3.12.